The molecule has 0 saturated carbocycles. The molecule has 0 unspecified atom stereocenters. The minimum absolute atomic E-state index is 0.0166. The highest BCUT2D eigenvalue weighted by Crippen LogP contribution is 2.30. The topological polar surface area (TPSA) is 84.9 Å². The Labute approximate surface area is 174 Å². The summed E-state index contributed by atoms with van der Waals surface area (Å²) in [4.78, 5) is 12.6. The highest BCUT2D eigenvalue weighted by molar-refractivity contribution is 7.89. The van der Waals surface area contributed by atoms with Crippen LogP contribution in [0.4, 0.5) is 5.69 Å². The predicted molar refractivity (Wildman–Crippen MR) is 109 cm³/mol. The molecule has 0 bridgehead atoms. The number of nitrogens with zero attached hydrogens (tertiary/aromatic N) is 1. The summed E-state index contributed by atoms with van der Waals surface area (Å²) < 4.78 is 36.5. The molecule has 1 amide bonds. The number of ether oxygens (including phenoxy) is 2. The summed E-state index contributed by atoms with van der Waals surface area (Å²) in [6, 6.07) is 8.84. The van der Waals surface area contributed by atoms with Gasteiger partial charge in [-0.05, 0) is 43.3 Å². The Hall–Kier alpha value is -2.00. The average Bonchev–Trinajstić information content (AvgIpc) is 2.63. The summed E-state index contributed by atoms with van der Waals surface area (Å²) in [7, 11) is 0.582. The number of hydrogen-bond donors (Lipinski definition) is 1. The molecule has 2 aromatic rings. The van der Waals surface area contributed by atoms with E-state index in [1.165, 1.54) is 52.4 Å². The third-order valence-electron chi connectivity index (χ3n) is 3.77. The van der Waals surface area contributed by atoms with Gasteiger partial charge >= 0.3 is 0 Å². The summed E-state index contributed by atoms with van der Waals surface area (Å²) in [5, 5.41) is 3.33. The first-order valence-electron chi connectivity index (χ1n) is 8.09. The van der Waals surface area contributed by atoms with E-state index in [0.717, 1.165) is 4.31 Å². The fourth-order valence-electron chi connectivity index (χ4n) is 2.21. The Morgan fingerprint density at radius 2 is 1.75 bits per heavy atom. The van der Waals surface area contributed by atoms with Crippen LogP contribution < -0.4 is 14.8 Å². The van der Waals surface area contributed by atoms with E-state index < -0.39 is 22.0 Å². The van der Waals surface area contributed by atoms with Crippen molar-refractivity contribution < 1.29 is 22.7 Å². The van der Waals surface area contributed by atoms with Crippen LogP contribution in [0, 0.1) is 0 Å². The van der Waals surface area contributed by atoms with E-state index >= 15 is 0 Å². The molecule has 0 saturated heterocycles. The Bertz CT molecular complexity index is 980. The summed E-state index contributed by atoms with van der Waals surface area (Å²) in [6.07, 6.45) is -0.919. The van der Waals surface area contributed by atoms with Crippen molar-refractivity contribution in [3.05, 3.63) is 46.4 Å². The number of carbonyl (C=O) groups excluding carboxylic acids is 1. The normalized spacial score (nSPS) is 12.5. The zero-order chi connectivity index (χ0) is 21.1. The van der Waals surface area contributed by atoms with Gasteiger partial charge in [0, 0.05) is 19.1 Å². The number of methoxy groups -OCH3 is 1. The third-order valence-corrected chi connectivity index (χ3v) is 6.12. The molecule has 28 heavy (non-hydrogen) atoms. The lowest BCUT2D eigenvalue weighted by atomic mass is 10.2. The van der Waals surface area contributed by atoms with Gasteiger partial charge in [0.25, 0.3) is 5.91 Å². The lowest BCUT2D eigenvalue weighted by molar-refractivity contribution is -0.122. The molecule has 0 aliphatic heterocycles. The number of amides is 1. The van der Waals surface area contributed by atoms with Gasteiger partial charge in [0.15, 0.2) is 6.10 Å². The van der Waals surface area contributed by atoms with E-state index in [9.17, 15) is 13.2 Å². The quantitative estimate of drug-likeness (QED) is 0.701. The van der Waals surface area contributed by atoms with Gasteiger partial charge < -0.3 is 14.8 Å². The van der Waals surface area contributed by atoms with Crippen LogP contribution in [-0.4, -0.2) is 45.9 Å². The fraction of sp³-hybridized carbons (Fsp3) is 0.278. The smallest absolute Gasteiger partial charge is 0.265 e. The van der Waals surface area contributed by atoms with Gasteiger partial charge in [0.2, 0.25) is 10.0 Å². The Kier molecular flexibility index (Phi) is 7.16. The number of benzene rings is 2. The number of sulfonamides is 1. The highest BCUT2D eigenvalue weighted by Gasteiger charge is 2.22. The molecule has 0 spiro atoms. The largest absolute Gasteiger partial charge is 0.495 e. The van der Waals surface area contributed by atoms with E-state index in [0.29, 0.717) is 16.5 Å². The van der Waals surface area contributed by atoms with Gasteiger partial charge in [0.1, 0.15) is 11.5 Å². The molecule has 0 aromatic heterocycles. The number of anilines is 1. The first-order valence-corrected chi connectivity index (χ1v) is 10.3. The maximum Gasteiger partial charge on any atom is 0.265 e. The lowest BCUT2D eigenvalue weighted by Gasteiger charge is -2.18. The van der Waals surface area contributed by atoms with Crippen molar-refractivity contribution in [2.45, 2.75) is 17.9 Å². The molecule has 0 radical (unpaired) electrons. The van der Waals surface area contributed by atoms with Crippen molar-refractivity contribution in [1.29, 1.82) is 0 Å². The second-order valence-corrected chi connectivity index (χ2v) is 8.97. The van der Waals surface area contributed by atoms with E-state index in [1.807, 2.05) is 0 Å². The van der Waals surface area contributed by atoms with Crippen molar-refractivity contribution in [2.24, 2.45) is 0 Å². The number of nitrogens with one attached hydrogen (secondary N) is 1. The fourth-order valence-corrected chi connectivity index (χ4v) is 3.59. The van der Waals surface area contributed by atoms with Crippen LogP contribution >= 0.6 is 23.2 Å². The molecule has 2 rings (SSSR count). The first-order chi connectivity index (χ1) is 13.1. The molecule has 0 aliphatic carbocycles. The molecule has 10 heteroatoms. The Morgan fingerprint density at radius 3 is 2.32 bits per heavy atom. The van der Waals surface area contributed by atoms with Gasteiger partial charge in [-0.3, -0.25) is 4.79 Å². The second-order valence-electron chi connectivity index (χ2n) is 5.97. The molecular weight excluding hydrogens is 427 g/mol. The number of hydrogen-bond acceptors (Lipinski definition) is 5. The molecule has 0 fully saturated rings. The van der Waals surface area contributed by atoms with Crippen LogP contribution in [0.5, 0.6) is 11.5 Å². The van der Waals surface area contributed by atoms with Crippen molar-refractivity contribution >= 4 is 44.8 Å². The summed E-state index contributed by atoms with van der Waals surface area (Å²) in [6.45, 7) is 1.53. The van der Waals surface area contributed by atoms with Gasteiger partial charge in [-0.2, -0.15) is 0 Å². The van der Waals surface area contributed by atoms with Crippen LogP contribution in [0.15, 0.2) is 41.3 Å². The minimum Gasteiger partial charge on any atom is -0.495 e. The van der Waals surface area contributed by atoms with Crippen LogP contribution in [0.3, 0.4) is 0 Å². The van der Waals surface area contributed by atoms with E-state index in [1.54, 1.807) is 12.1 Å². The van der Waals surface area contributed by atoms with Crippen molar-refractivity contribution in [2.75, 3.05) is 26.5 Å². The van der Waals surface area contributed by atoms with Crippen molar-refractivity contribution in [3.8, 4) is 11.5 Å². The third kappa shape index (κ3) is 5.08. The zero-order valence-corrected chi connectivity index (χ0v) is 18.0. The second kappa shape index (κ2) is 9.00. The molecule has 0 heterocycles. The summed E-state index contributed by atoms with van der Waals surface area (Å²) in [5.74, 6) is 0.0936. The number of rotatable bonds is 7. The SMILES string of the molecule is COc1ccc(S(=O)(=O)N(C)C)cc1NC(=O)[C@H](C)Oc1ccc(Cl)cc1Cl. The number of halogens is 2. The van der Waals surface area contributed by atoms with E-state index in [4.69, 9.17) is 32.7 Å². The molecule has 152 valence electrons. The monoisotopic (exact) mass is 446 g/mol. The standard InChI is InChI=1S/C18H20Cl2N2O5S/c1-11(27-16-7-5-12(19)9-14(16)20)18(23)21-15-10-13(6-8-17(15)26-4)28(24,25)22(2)3/h5-11H,1-4H3,(H,21,23)/t11-/m0/s1. The number of carbonyl (C=O) groups is 1. The zero-order valence-electron chi connectivity index (χ0n) is 15.7. The minimum atomic E-state index is -3.67. The highest BCUT2D eigenvalue weighted by atomic mass is 35.5. The van der Waals surface area contributed by atoms with Gasteiger partial charge in [-0.25, -0.2) is 12.7 Å². The van der Waals surface area contributed by atoms with Crippen LogP contribution in [0.2, 0.25) is 10.0 Å². The Balaban J connectivity index is 2.24. The van der Waals surface area contributed by atoms with E-state index in [2.05, 4.69) is 5.32 Å². The molecule has 0 aliphatic rings. The van der Waals surface area contributed by atoms with Crippen LogP contribution in [-0.2, 0) is 14.8 Å². The first kappa shape index (κ1) is 22.3. The van der Waals surface area contributed by atoms with Crippen molar-refractivity contribution in [1.82, 2.24) is 4.31 Å². The summed E-state index contributed by atoms with van der Waals surface area (Å²) in [5.41, 5.74) is 0.202. The maximum absolute atomic E-state index is 12.5. The van der Waals surface area contributed by atoms with Crippen LogP contribution in [0.1, 0.15) is 6.92 Å². The Morgan fingerprint density at radius 1 is 1.11 bits per heavy atom. The average molecular weight is 447 g/mol. The van der Waals surface area contributed by atoms with Gasteiger partial charge in [-0.1, -0.05) is 23.2 Å². The van der Waals surface area contributed by atoms with Gasteiger partial charge in [-0.15, -0.1) is 0 Å². The van der Waals surface area contributed by atoms with E-state index in [-0.39, 0.29) is 15.6 Å². The summed E-state index contributed by atoms with van der Waals surface area (Å²) >= 11 is 11.9. The molecule has 1 N–H and O–H groups in total. The van der Waals surface area contributed by atoms with Gasteiger partial charge in [0.05, 0.1) is 22.7 Å². The molecular formula is C18H20Cl2N2O5S. The van der Waals surface area contributed by atoms with Crippen molar-refractivity contribution in [3.63, 3.8) is 0 Å². The molecule has 1 atom stereocenters. The maximum atomic E-state index is 12.5. The predicted octanol–water partition coefficient (Wildman–Crippen LogP) is 3.66. The molecule has 2 aromatic carbocycles. The van der Waals surface area contributed by atoms with Crippen LogP contribution in [0.25, 0.3) is 0 Å². The lowest BCUT2D eigenvalue weighted by Crippen LogP contribution is -2.30. The molecule has 7 nitrogen and oxygen atoms in total.